The van der Waals surface area contributed by atoms with Gasteiger partial charge < -0.3 is 9.03 Å². The van der Waals surface area contributed by atoms with Gasteiger partial charge in [-0.25, -0.2) is 0 Å². The molecule has 0 aliphatic heterocycles. The lowest BCUT2D eigenvalue weighted by molar-refractivity contribution is 0.272. The van der Waals surface area contributed by atoms with E-state index in [-0.39, 0.29) is 11.5 Å². The lowest BCUT2D eigenvalue weighted by Gasteiger charge is -2.32. The fraction of sp³-hybridized carbons (Fsp3) is 0.310. The summed E-state index contributed by atoms with van der Waals surface area (Å²) >= 11 is 0. The number of hydrogen-bond acceptors (Lipinski definition) is 1. The van der Waals surface area contributed by atoms with E-state index in [1.807, 2.05) is 30.7 Å². The quantitative estimate of drug-likeness (QED) is 0.373. The molecule has 2 nitrogen and oxygen atoms in total. The predicted molar refractivity (Wildman–Crippen MR) is 139 cm³/mol. The largest absolute Gasteiger partial charge is 0.395 e. The summed E-state index contributed by atoms with van der Waals surface area (Å²) in [5.41, 5.74) is 7.96. The Morgan fingerprint density at radius 3 is 1.91 bits per heavy atom. The van der Waals surface area contributed by atoms with E-state index in [9.17, 15) is 4.46 Å². The summed E-state index contributed by atoms with van der Waals surface area (Å²) in [5.74, 6) is 0.227. The zero-order valence-electron chi connectivity index (χ0n) is 20.1. The van der Waals surface area contributed by atoms with E-state index in [1.165, 1.54) is 33.4 Å². The molecule has 0 bridgehead atoms. The fourth-order valence-electron chi connectivity index (χ4n) is 4.17. The third-order valence-corrected chi connectivity index (χ3v) is 8.41. The van der Waals surface area contributed by atoms with Gasteiger partial charge >= 0.3 is 8.84 Å². The van der Waals surface area contributed by atoms with Crippen LogP contribution < -0.4 is 0 Å². The molecule has 3 heteroatoms. The Hall–Kier alpha value is -2.78. The molecule has 0 heterocycles. The number of allylic oxidation sites excluding steroid dienone is 7. The molecule has 0 saturated heterocycles. The number of hydrogen-bond donors (Lipinski definition) is 0. The second kappa shape index (κ2) is 10.2. The minimum Gasteiger partial charge on any atom is -0.375 e. The maximum absolute atomic E-state index is 13.0. The van der Waals surface area contributed by atoms with Crippen molar-refractivity contribution in [3.05, 3.63) is 108 Å². The zero-order chi connectivity index (χ0) is 23.3. The van der Waals surface area contributed by atoms with Crippen molar-refractivity contribution in [3.63, 3.8) is 0 Å². The summed E-state index contributed by atoms with van der Waals surface area (Å²) in [4.78, 5) is 0. The van der Waals surface area contributed by atoms with E-state index in [0.29, 0.717) is 6.04 Å². The first-order valence-electron chi connectivity index (χ1n) is 11.4. The van der Waals surface area contributed by atoms with Crippen LogP contribution in [0.2, 0.25) is 6.04 Å². The van der Waals surface area contributed by atoms with Gasteiger partial charge in [0.05, 0.1) is 0 Å². The van der Waals surface area contributed by atoms with E-state index < -0.39 is 8.84 Å². The van der Waals surface area contributed by atoms with Crippen LogP contribution in [0.15, 0.2) is 85.5 Å². The first-order valence-corrected chi connectivity index (χ1v) is 12.9. The van der Waals surface area contributed by atoms with Crippen molar-refractivity contribution in [2.75, 3.05) is 7.05 Å². The van der Waals surface area contributed by atoms with Gasteiger partial charge in [0, 0.05) is 24.5 Å². The van der Waals surface area contributed by atoms with Crippen LogP contribution in [0.5, 0.6) is 0 Å². The third-order valence-electron chi connectivity index (χ3n) is 6.17. The van der Waals surface area contributed by atoms with Crippen LogP contribution in [0.25, 0.3) is 11.1 Å². The summed E-state index contributed by atoms with van der Waals surface area (Å²) in [5, 5.41) is 0. The standard InChI is InChI=1S/C24H27NOSi.C5H8/c1-24(2,3)25(4)27(26)16-17-13-22-20-11-7-5-9-18(20)15-19-10-6-8-12-21(19)23(22)14-17;1-3-5-4-2/h5-14,17H,15-16H2,1-4H3;3-5H,1H2,2H3. The average Bonchev–Trinajstić information content (AvgIpc) is 3.12. The lowest BCUT2D eigenvalue weighted by Crippen LogP contribution is -2.44. The van der Waals surface area contributed by atoms with Crippen molar-refractivity contribution >= 4 is 20.0 Å². The van der Waals surface area contributed by atoms with Gasteiger partial charge in [0.2, 0.25) is 0 Å². The second-order valence-electron chi connectivity index (χ2n) is 9.40. The van der Waals surface area contributed by atoms with E-state index in [4.69, 9.17) is 0 Å². The Balaban J connectivity index is 0.000000523. The van der Waals surface area contributed by atoms with Crippen LogP contribution in [0.3, 0.4) is 0 Å². The third kappa shape index (κ3) is 5.33. The summed E-state index contributed by atoms with van der Waals surface area (Å²) in [6.07, 6.45) is 11.2. The molecule has 0 N–H and O–H groups in total. The van der Waals surface area contributed by atoms with Crippen LogP contribution in [0, 0.1) is 5.92 Å². The number of benzene rings is 2. The Morgan fingerprint density at radius 2 is 1.50 bits per heavy atom. The van der Waals surface area contributed by atoms with Crippen molar-refractivity contribution in [2.24, 2.45) is 5.92 Å². The predicted octanol–water partition coefficient (Wildman–Crippen LogP) is 7.09. The monoisotopic (exact) mass is 441 g/mol. The molecule has 32 heavy (non-hydrogen) atoms. The normalized spacial score (nSPS) is 14.8. The van der Waals surface area contributed by atoms with Crippen molar-refractivity contribution in [1.82, 2.24) is 4.57 Å². The number of rotatable bonds is 4. The molecule has 0 amide bonds. The molecule has 0 radical (unpaired) electrons. The molecule has 2 aliphatic carbocycles. The van der Waals surface area contributed by atoms with Gasteiger partial charge in [-0.3, -0.25) is 0 Å². The smallest absolute Gasteiger partial charge is 0.375 e. The molecule has 166 valence electrons. The van der Waals surface area contributed by atoms with Crippen molar-refractivity contribution in [2.45, 2.75) is 45.7 Å². The van der Waals surface area contributed by atoms with Gasteiger partial charge in [-0.15, -0.1) is 0 Å². The van der Waals surface area contributed by atoms with Crippen LogP contribution in [-0.2, 0) is 10.9 Å². The molecule has 2 aromatic carbocycles. The fourth-order valence-corrected chi connectivity index (χ4v) is 5.83. The Morgan fingerprint density at radius 1 is 1.00 bits per heavy atom. The van der Waals surface area contributed by atoms with Crippen LogP contribution in [0.1, 0.15) is 49.9 Å². The Labute approximate surface area is 195 Å². The highest BCUT2D eigenvalue weighted by molar-refractivity contribution is 6.39. The van der Waals surface area contributed by atoms with Gasteiger partial charge in [0.25, 0.3) is 0 Å². The van der Waals surface area contributed by atoms with Crippen LogP contribution in [0.4, 0.5) is 0 Å². The first-order chi connectivity index (χ1) is 15.3. The second-order valence-corrected chi connectivity index (χ2v) is 11.3. The molecule has 0 aromatic heterocycles. The summed E-state index contributed by atoms with van der Waals surface area (Å²) in [6.45, 7) is 11.8. The van der Waals surface area contributed by atoms with Gasteiger partial charge in [0.1, 0.15) is 0 Å². The highest BCUT2D eigenvalue weighted by Gasteiger charge is 2.30. The Bertz CT molecular complexity index is 1020. The zero-order valence-corrected chi connectivity index (χ0v) is 21.1. The van der Waals surface area contributed by atoms with Gasteiger partial charge in [-0.2, -0.15) is 0 Å². The highest BCUT2D eigenvalue weighted by atomic mass is 28.3. The average molecular weight is 442 g/mol. The SMILES string of the molecule is C=CC=CC.CN([Si](=O)CC1C=C2C(=C1)c1ccccc1Cc1ccccc12)C(C)(C)C. The molecule has 2 aromatic rings. The maximum Gasteiger partial charge on any atom is 0.395 e. The van der Waals surface area contributed by atoms with E-state index in [0.717, 1.165) is 6.42 Å². The molecule has 0 unspecified atom stereocenters. The first kappa shape index (κ1) is 23.9. The maximum atomic E-state index is 13.0. The lowest BCUT2D eigenvalue weighted by atomic mass is 9.95. The molecular weight excluding hydrogens is 406 g/mol. The summed E-state index contributed by atoms with van der Waals surface area (Å²) < 4.78 is 15.0. The molecule has 0 fully saturated rings. The summed E-state index contributed by atoms with van der Waals surface area (Å²) in [6, 6.07) is 18.1. The molecule has 0 saturated carbocycles. The number of nitrogens with zero attached hydrogens (tertiary/aromatic N) is 1. The van der Waals surface area contributed by atoms with Crippen LogP contribution >= 0.6 is 0 Å². The van der Waals surface area contributed by atoms with Gasteiger partial charge in [0.15, 0.2) is 0 Å². The topological polar surface area (TPSA) is 20.3 Å². The van der Waals surface area contributed by atoms with Gasteiger partial charge in [-0.1, -0.05) is 85.5 Å². The Kier molecular flexibility index (Phi) is 7.63. The van der Waals surface area contributed by atoms with E-state index >= 15 is 0 Å². The van der Waals surface area contributed by atoms with Crippen molar-refractivity contribution < 1.29 is 4.46 Å². The molecule has 0 spiro atoms. The minimum atomic E-state index is -1.82. The summed E-state index contributed by atoms with van der Waals surface area (Å²) in [7, 11) is 0.167. The minimum absolute atomic E-state index is 0.0711. The molecule has 4 rings (SSSR count). The van der Waals surface area contributed by atoms with E-state index in [1.54, 1.807) is 6.08 Å². The van der Waals surface area contributed by atoms with Crippen LogP contribution in [-0.4, -0.2) is 26.0 Å². The van der Waals surface area contributed by atoms with E-state index in [2.05, 4.69) is 88.0 Å². The highest BCUT2D eigenvalue weighted by Crippen LogP contribution is 2.44. The molecule has 0 atom stereocenters. The molecular formula is C29H35NOSi. The van der Waals surface area contributed by atoms with Crippen molar-refractivity contribution in [3.8, 4) is 0 Å². The number of fused-ring (bicyclic) bond motifs is 5. The van der Waals surface area contributed by atoms with Crippen molar-refractivity contribution in [1.29, 1.82) is 0 Å². The molecule has 2 aliphatic rings. The van der Waals surface area contributed by atoms with Gasteiger partial charge in [-0.05, 0) is 67.5 Å².